The lowest BCUT2D eigenvalue weighted by atomic mass is 9.97. The smallest absolute Gasteiger partial charge is 0.327 e. The van der Waals surface area contributed by atoms with Gasteiger partial charge >= 0.3 is 5.69 Å². The summed E-state index contributed by atoms with van der Waals surface area (Å²) in [6, 6.07) is 4.29. The van der Waals surface area contributed by atoms with E-state index in [9.17, 15) is 14.5 Å². The largest absolute Gasteiger partial charge is 0.366 e. The number of nitro benzene ring substituents is 1. The van der Waals surface area contributed by atoms with Crippen molar-refractivity contribution >= 4 is 11.4 Å². The first-order chi connectivity index (χ1) is 9.13. The molecular weight excluding hydrogens is 249 g/mol. The summed E-state index contributed by atoms with van der Waals surface area (Å²) >= 11 is 0. The molecule has 2 rings (SSSR count). The molecule has 104 valence electrons. The van der Waals surface area contributed by atoms with E-state index < -0.39 is 16.4 Å². The lowest BCUT2D eigenvalue weighted by Crippen LogP contribution is -2.39. The minimum Gasteiger partial charge on any atom is -0.366 e. The van der Waals surface area contributed by atoms with Crippen molar-refractivity contribution in [3.8, 4) is 0 Å². The number of nitrogens with zero attached hydrogens (tertiary/aromatic N) is 2. The van der Waals surface area contributed by atoms with E-state index in [4.69, 9.17) is 0 Å². The maximum absolute atomic E-state index is 13.6. The van der Waals surface area contributed by atoms with Gasteiger partial charge in [0.1, 0.15) is 5.69 Å². The van der Waals surface area contributed by atoms with Gasteiger partial charge in [-0.2, -0.15) is 4.39 Å². The number of para-hydroxylation sites is 1. The van der Waals surface area contributed by atoms with E-state index in [1.165, 1.54) is 6.07 Å². The minimum atomic E-state index is -0.766. The summed E-state index contributed by atoms with van der Waals surface area (Å²) in [7, 11) is 1.89. The third-order valence-electron chi connectivity index (χ3n) is 3.50. The number of piperidine rings is 1. The highest BCUT2D eigenvalue weighted by Crippen LogP contribution is 2.33. The first-order valence-electron chi connectivity index (χ1n) is 6.46. The van der Waals surface area contributed by atoms with E-state index in [2.05, 4.69) is 5.32 Å². The molecule has 1 unspecified atom stereocenters. The van der Waals surface area contributed by atoms with Crippen molar-refractivity contribution in [1.29, 1.82) is 0 Å². The first kappa shape index (κ1) is 13.7. The average molecular weight is 267 g/mol. The zero-order valence-corrected chi connectivity index (χ0v) is 10.9. The van der Waals surface area contributed by atoms with Crippen LogP contribution in [-0.2, 0) is 0 Å². The number of benzene rings is 1. The molecule has 1 N–H and O–H groups in total. The summed E-state index contributed by atoms with van der Waals surface area (Å²) in [6.07, 6.45) is 2.07. The van der Waals surface area contributed by atoms with Gasteiger partial charge in [0.2, 0.25) is 5.82 Å². The number of anilines is 1. The molecule has 0 saturated carbocycles. The Morgan fingerprint density at radius 2 is 2.37 bits per heavy atom. The fourth-order valence-electron chi connectivity index (χ4n) is 2.68. The first-order valence-corrected chi connectivity index (χ1v) is 6.46. The van der Waals surface area contributed by atoms with Gasteiger partial charge in [0.25, 0.3) is 0 Å². The SMILES string of the molecule is CNCC1CCCN(c2cccc(F)c2[N+](=O)[O-])C1. The highest BCUT2D eigenvalue weighted by atomic mass is 19.1. The topological polar surface area (TPSA) is 58.4 Å². The van der Waals surface area contributed by atoms with Gasteiger partial charge in [-0.1, -0.05) is 6.07 Å². The van der Waals surface area contributed by atoms with Crippen molar-refractivity contribution in [2.24, 2.45) is 5.92 Å². The summed E-state index contributed by atoms with van der Waals surface area (Å²) in [5.41, 5.74) is -0.0154. The van der Waals surface area contributed by atoms with Crippen LogP contribution in [0.5, 0.6) is 0 Å². The fraction of sp³-hybridized carbons (Fsp3) is 0.538. The standard InChI is InChI=1S/C13H18FN3O2/c1-15-8-10-4-3-7-16(9-10)12-6-2-5-11(14)13(12)17(18)19/h2,5-6,10,15H,3-4,7-9H2,1H3. The molecule has 1 fully saturated rings. The normalized spacial score (nSPS) is 19.5. The Bertz CT molecular complexity index is 465. The van der Waals surface area contributed by atoms with E-state index in [0.29, 0.717) is 11.6 Å². The molecule has 0 bridgehead atoms. The lowest BCUT2D eigenvalue weighted by Gasteiger charge is -2.34. The van der Waals surface area contributed by atoms with E-state index in [-0.39, 0.29) is 0 Å². The van der Waals surface area contributed by atoms with Crippen LogP contribution in [-0.4, -0.2) is 31.6 Å². The number of nitro groups is 1. The molecule has 0 radical (unpaired) electrons. The number of hydrogen-bond donors (Lipinski definition) is 1. The predicted molar refractivity (Wildman–Crippen MR) is 71.9 cm³/mol. The maximum Gasteiger partial charge on any atom is 0.327 e. The molecule has 1 heterocycles. The van der Waals surface area contributed by atoms with Crippen LogP contribution in [0.15, 0.2) is 18.2 Å². The molecule has 1 saturated heterocycles. The Hall–Kier alpha value is -1.69. The highest BCUT2D eigenvalue weighted by molar-refractivity contribution is 5.64. The summed E-state index contributed by atoms with van der Waals surface area (Å²) in [6.45, 7) is 2.34. The number of nitrogens with one attached hydrogen (secondary N) is 1. The van der Waals surface area contributed by atoms with E-state index >= 15 is 0 Å². The van der Waals surface area contributed by atoms with Crippen LogP contribution in [0.2, 0.25) is 0 Å². The van der Waals surface area contributed by atoms with Gasteiger partial charge in [0.05, 0.1) is 4.92 Å². The molecule has 1 aromatic rings. The van der Waals surface area contributed by atoms with Gasteiger partial charge in [-0.3, -0.25) is 10.1 Å². The monoisotopic (exact) mass is 267 g/mol. The van der Waals surface area contributed by atoms with Crippen LogP contribution in [0.3, 0.4) is 0 Å². The Morgan fingerprint density at radius 1 is 1.58 bits per heavy atom. The van der Waals surface area contributed by atoms with Gasteiger partial charge in [0.15, 0.2) is 0 Å². The van der Waals surface area contributed by atoms with E-state index in [0.717, 1.165) is 38.5 Å². The van der Waals surface area contributed by atoms with Crippen molar-refractivity contribution in [2.75, 3.05) is 31.6 Å². The van der Waals surface area contributed by atoms with Gasteiger partial charge in [0, 0.05) is 13.1 Å². The second kappa shape index (κ2) is 5.97. The van der Waals surface area contributed by atoms with Crippen LogP contribution in [0.4, 0.5) is 15.8 Å². The van der Waals surface area contributed by atoms with Crippen molar-refractivity contribution in [3.63, 3.8) is 0 Å². The Labute approximate surface area is 111 Å². The lowest BCUT2D eigenvalue weighted by molar-refractivity contribution is -0.386. The van der Waals surface area contributed by atoms with Crippen molar-refractivity contribution < 1.29 is 9.31 Å². The number of rotatable bonds is 4. The zero-order valence-electron chi connectivity index (χ0n) is 10.9. The molecular formula is C13H18FN3O2. The van der Waals surface area contributed by atoms with Gasteiger partial charge in [-0.15, -0.1) is 0 Å². The molecule has 0 amide bonds. The average Bonchev–Trinajstić information content (AvgIpc) is 2.38. The highest BCUT2D eigenvalue weighted by Gasteiger charge is 2.27. The third-order valence-corrected chi connectivity index (χ3v) is 3.50. The van der Waals surface area contributed by atoms with Crippen LogP contribution in [0, 0.1) is 21.8 Å². The van der Waals surface area contributed by atoms with Crippen LogP contribution in [0.25, 0.3) is 0 Å². The van der Waals surface area contributed by atoms with Gasteiger partial charge in [-0.25, -0.2) is 0 Å². The molecule has 0 spiro atoms. The molecule has 0 aromatic heterocycles. The fourth-order valence-corrected chi connectivity index (χ4v) is 2.68. The van der Waals surface area contributed by atoms with Crippen LogP contribution < -0.4 is 10.2 Å². The van der Waals surface area contributed by atoms with Crippen LogP contribution in [0.1, 0.15) is 12.8 Å². The third kappa shape index (κ3) is 3.01. The molecule has 6 heteroatoms. The van der Waals surface area contributed by atoms with Crippen LogP contribution >= 0.6 is 0 Å². The summed E-state index contributed by atoms with van der Waals surface area (Å²) in [5.74, 6) is -0.320. The summed E-state index contributed by atoms with van der Waals surface area (Å²) in [4.78, 5) is 12.3. The predicted octanol–water partition coefficient (Wildman–Crippen LogP) is 2.17. The van der Waals surface area contributed by atoms with Crippen molar-refractivity contribution in [3.05, 3.63) is 34.1 Å². The van der Waals surface area contributed by atoms with Gasteiger partial charge < -0.3 is 10.2 Å². The number of halogens is 1. The van der Waals surface area contributed by atoms with E-state index in [1.54, 1.807) is 6.07 Å². The van der Waals surface area contributed by atoms with Gasteiger partial charge in [-0.05, 0) is 44.5 Å². The van der Waals surface area contributed by atoms with Crippen molar-refractivity contribution in [1.82, 2.24) is 5.32 Å². The van der Waals surface area contributed by atoms with E-state index in [1.807, 2.05) is 11.9 Å². The molecule has 19 heavy (non-hydrogen) atoms. The second-order valence-electron chi connectivity index (χ2n) is 4.88. The molecule has 1 aliphatic heterocycles. The zero-order chi connectivity index (χ0) is 13.8. The minimum absolute atomic E-state index is 0.394. The summed E-state index contributed by atoms with van der Waals surface area (Å²) < 4.78 is 13.6. The second-order valence-corrected chi connectivity index (χ2v) is 4.88. The molecule has 1 aromatic carbocycles. The van der Waals surface area contributed by atoms with Crippen molar-refractivity contribution in [2.45, 2.75) is 12.8 Å². The Kier molecular flexibility index (Phi) is 4.31. The molecule has 1 atom stereocenters. The quantitative estimate of drug-likeness (QED) is 0.671. The number of hydrogen-bond acceptors (Lipinski definition) is 4. The molecule has 0 aliphatic carbocycles. The molecule has 5 nitrogen and oxygen atoms in total. The summed E-state index contributed by atoms with van der Waals surface area (Å²) in [5, 5.41) is 14.1. The maximum atomic E-state index is 13.6. The Morgan fingerprint density at radius 3 is 3.05 bits per heavy atom. The Balaban J connectivity index is 2.26. The molecule has 1 aliphatic rings.